The zero-order valence-electron chi connectivity index (χ0n) is 10.6. The van der Waals surface area contributed by atoms with Crippen LogP contribution < -0.4 is 10.1 Å². The molecular formula is C13H15FN2OS. The number of halogens is 1. The van der Waals surface area contributed by atoms with Crippen LogP contribution >= 0.6 is 11.3 Å². The lowest BCUT2D eigenvalue weighted by Gasteiger charge is -2.07. The van der Waals surface area contributed by atoms with Gasteiger partial charge in [0.15, 0.2) is 0 Å². The average molecular weight is 266 g/mol. The lowest BCUT2D eigenvalue weighted by Crippen LogP contribution is -2.00. The molecule has 5 heteroatoms. The molecular weight excluding hydrogens is 251 g/mol. The van der Waals surface area contributed by atoms with E-state index in [1.165, 1.54) is 19.2 Å². The van der Waals surface area contributed by atoms with E-state index in [2.05, 4.69) is 10.3 Å². The van der Waals surface area contributed by atoms with Crippen molar-refractivity contribution in [2.45, 2.75) is 20.4 Å². The number of anilines is 1. The van der Waals surface area contributed by atoms with E-state index in [1.54, 1.807) is 17.4 Å². The molecule has 0 unspecified atom stereocenters. The number of aryl methyl sites for hydroxylation is 2. The van der Waals surface area contributed by atoms with E-state index in [4.69, 9.17) is 4.74 Å². The van der Waals surface area contributed by atoms with Gasteiger partial charge in [-0.1, -0.05) is 0 Å². The molecule has 0 aliphatic carbocycles. The molecule has 2 aromatic rings. The molecule has 0 saturated carbocycles. The second-order valence-electron chi connectivity index (χ2n) is 3.97. The highest BCUT2D eigenvalue weighted by atomic mass is 32.1. The molecule has 0 bridgehead atoms. The highest BCUT2D eigenvalue weighted by molar-refractivity contribution is 7.11. The van der Waals surface area contributed by atoms with E-state index in [-0.39, 0.29) is 5.82 Å². The molecule has 1 N–H and O–H groups in total. The van der Waals surface area contributed by atoms with Gasteiger partial charge in [0.25, 0.3) is 0 Å². The van der Waals surface area contributed by atoms with Crippen molar-refractivity contribution < 1.29 is 9.13 Å². The maximum atomic E-state index is 13.3. The Morgan fingerprint density at radius 3 is 2.72 bits per heavy atom. The van der Waals surface area contributed by atoms with Crippen LogP contribution in [0.2, 0.25) is 0 Å². The number of nitrogens with zero attached hydrogens (tertiary/aromatic N) is 1. The number of methoxy groups -OCH3 is 1. The van der Waals surface area contributed by atoms with Crippen LogP contribution in [-0.2, 0) is 6.54 Å². The number of nitrogens with one attached hydrogen (secondary N) is 1. The van der Waals surface area contributed by atoms with Crippen molar-refractivity contribution in [3.8, 4) is 5.75 Å². The molecule has 0 fully saturated rings. The summed E-state index contributed by atoms with van der Waals surface area (Å²) in [6.07, 6.45) is 0. The second kappa shape index (κ2) is 5.35. The van der Waals surface area contributed by atoms with Crippen LogP contribution in [0.4, 0.5) is 10.1 Å². The predicted molar refractivity (Wildman–Crippen MR) is 71.9 cm³/mol. The normalized spacial score (nSPS) is 10.4. The van der Waals surface area contributed by atoms with Gasteiger partial charge in [0.2, 0.25) is 0 Å². The van der Waals surface area contributed by atoms with Crippen LogP contribution in [0.3, 0.4) is 0 Å². The zero-order valence-corrected chi connectivity index (χ0v) is 11.4. The standard InChI is InChI=1S/C13H15FN2OS/c1-8-13(18-9(2)16-8)7-15-11-4-10(14)5-12(6-11)17-3/h4-6,15H,7H2,1-3H3. The molecule has 0 aliphatic heterocycles. The van der Waals surface area contributed by atoms with Crippen molar-refractivity contribution in [2.24, 2.45) is 0 Å². The summed E-state index contributed by atoms with van der Waals surface area (Å²) < 4.78 is 18.3. The summed E-state index contributed by atoms with van der Waals surface area (Å²) in [6.45, 7) is 4.60. The number of ether oxygens (including phenoxy) is 1. The van der Waals surface area contributed by atoms with Gasteiger partial charge < -0.3 is 10.1 Å². The number of rotatable bonds is 4. The summed E-state index contributed by atoms with van der Waals surface area (Å²) in [5, 5.41) is 4.22. The van der Waals surface area contributed by atoms with Crippen molar-refractivity contribution in [2.75, 3.05) is 12.4 Å². The number of hydrogen-bond acceptors (Lipinski definition) is 4. The van der Waals surface area contributed by atoms with Gasteiger partial charge >= 0.3 is 0 Å². The van der Waals surface area contributed by atoms with Gasteiger partial charge in [-0.05, 0) is 19.9 Å². The fourth-order valence-electron chi connectivity index (χ4n) is 1.70. The fraction of sp³-hybridized carbons (Fsp3) is 0.308. The van der Waals surface area contributed by atoms with Crippen LogP contribution in [0.15, 0.2) is 18.2 Å². The third-order valence-electron chi connectivity index (χ3n) is 2.56. The molecule has 18 heavy (non-hydrogen) atoms. The predicted octanol–water partition coefficient (Wildman–Crippen LogP) is 3.52. The van der Waals surface area contributed by atoms with Gasteiger partial charge in [-0.25, -0.2) is 9.37 Å². The third kappa shape index (κ3) is 2.98. The molecule has 0 aliphatic rings. The smallest absolute Gasteiger partial charge is 0.128 e. The van der Waals surface area contributed by atoms with Crippen LogP contribution in [-0.4, -0.2) is 12.1 Å². The summed E-state index contributed by atoms with van der Waals surface area (Å²) in [5.74, 6) is 0.198. The van der Waals surface area contributed by atoms with Crippen LogP contribution in [0.5, 0.6) is 5.75 Å². The molecule has 0 amide bonds. The molecule has 0 atom stereocenters. The second-order valence-corrected chi connectivity index (χ2v) is 5.26. The summed E-state index contributed by atoms with van der Waals surface area (Å²) in [6, 6.07) is 4.57. The van der Waals surface area contributed by atoms with Crippen LogP contribution in [0.25, 0.3) is 0 Å². The third-order valence-corrected chi connectivity index (χ3v) is 3.63. The SMILES string of the molecule is COc1cc(F)cc(NCc2sc(C)nc2C)c1. The van der Waals surface area contributed by atoms with Gasteiger partial charge in [0.1, 0.15) is 11.6 Å². The molecule has 3 nitrogen and oxygen atoms in total. The van der Waals surface area contributed by atoms with E-state index in [0.29, 0.717) is 18.0 Å². The summed E-state index contributed by atoms with van der Waals surface area (Å²) in [4.78, 5) is 5.52. The molecule has 1 aromatic heterocycles. The maximum absolute atomic E-state index is 13.3. The Morgan fingerprint density at radius 1 is 1.33 bits per heavy atom. The Labute approximate surface area is 110 Å². The first kappa shape index (κ1) is 12.8. The number of aromatic nitrogens is 1. The summed E-state index contributed by atoms with van der Waals surface area (Å²) in [7, 11) is 1.52. The first-order valence-electron chi connectivity index (χ1n) is 5.60. The average Bonchev–Trinajstić information content (AvgIpc) is 2.64. The Hall–Kier alpha value is -1.62. The van der Waals surface area contributed by atoms with E-state index >= 15 is 0 Å². The quantitative estimate of drug-likeness (QED) is 0.919. The molecule has 0 spiro atoms. The first-order valence-corrected chi connectivity index (χ1v) is 6.41. The minimum atomic E-state index is -0.311. The number of thiazole rings is 1. The topological polar surface area (TPSA) is 34.1 Å². The van der Waals surface area contributed by atoms with Gasteiger partial charge in [-0.2, -0.15) is 0 Å². The van der Waals surface area contributed by atoms with E-state index in [1.807, 2.05) is 13.8 Å². The highest BCUT2D eigenvalue weighted by Crippen LogP contribution is 2.22. The van der Waals surface area contributed by atoms with Crippen molar-refractivity contribution in [1.29, 1.82) is 0 Å². The monoisotopic (exact) mass is 266 g/mol. The molecule has 1 aromatic carbocycles. The van der Waals surface area contributed by atoms with E-state index in [0.717, 1.165) is 15.6 Å². The lowest BCUT2D eigenvalue weighted by molar-refractivity contribution is 0.411. The Morgan fingerprint density at radius 2 is 2.11 bits per heavy atom. The Bertz CT molecular complexity index is 554. The maximum Gasteiger partial charge on any atom is 0.128 e. The molecule has 0 saturated heterocycles. The minimum Gasteiger partial charge on any atom is -0.497 e. The summed E-state index contributed by atoms with van der Waals surface area (Å²) >= 11 is 1.65. The van der Waals surface area contributed by atoms with Crippen molar-refractivity contribution >= 4 is 17.0 Å². The first-order chi connectivity index (χ1) is 8.58. The van der Waals surface area contributed by atoms with Crippen LogP contribution in [0.1, 0.15) is 15.6 Å². The molecule has 1 heterocycles. The minimum absolute atomic E-state index is 0.311. The van der Waals surface area contributed by atoms with E-state index < -0.39 is 0 Å². The lowest BCUT2D eigenvalue weighted by atomic mass is 10.3. The van der Waals surface area contributed by atoms with Crippen molar-refractivity contribution in [1.82, 2.24) is 4.98 Å². The van der Waals surface area contributed by atoms with Crippen molar-refractivity contribution in [3.05, 3.63) is 39.6 Å². The number of hydrogen-bond donors (Lipinski definition) is 1. The van der Waals surface area contributed by atoms with Gasteiger partial charge in [0, 0.05) is 22.7 Å². The Kier molecular flexibility index (Phi) is 3.81. The van der Waals surface area contributed by atoms with Gasteiger partial charge in [-0.3, -0.25) is 0 Å². The summed E-state index contributed by atoms with van der Waals surface area (Å²) in [5.41, 5.74) is 1.73. The number of benzene rings is 1. The van der Waals surface area contributed by atoms with Gasteiger partial charge in [0.05, 0.1) is 24.4 Å². The zero-order chi connectivity index (χ0) is 13.1. The van der Waals surface area contributed by atoms with Crippen LogP contribution in [0, 0.1) is 19.7 Å². The fourth-order valence-corrected chi connectivity index (χ4v) is 2.58. The molecule has 2 rings (SSSR count). The molecule has 96 valence electrons. The van der Waals surface area contributed by atoms with E-state index in [9.17, 15) is 4.39 Å². The van der Waals surface area contributed by atoms with Crippen molar-refractivity contribution in [3.63, 3.8) is 0 Å². The highest BCUT2D eigenvalue weighted by Gasteiger charge is 2.05. The van der Waals surface area contributed by atoms with Gasteiger partial charge in [-0.15, -0.1) is 11.3 Å². The largest absolute Gasteiger partial charge is 0.497 e. The Balaban J connectivity index is 2.10. The molecule has 0 radical (unpaired) electrons.